The summed E-state index contributed by atoms with van der Waals surface area (Å²) in [5.41, 5.74) is 1.07. The normalized spacial score (nSPS) is 10.7. The molecule has 130 valence electrons. The maximum absolute atomic E-state index is 5.43. The predicted octanol–water partition coefficient (Wildman–Crippen LogP) is 6.27. The first-order valence-electron chi connectivity index (χ1n) is 9.34. The minimum Gasteiger partial charge on any atom is -0.362 e. The van der Waals surface area contributed by atoms with Gasteiger partial charge in [0.2, 0.25) is 0 Å². The second-order valence-corrected chi connectivity index (χ2v) is 6.79. The molecule has 0 saturated heterocycles. The van der Waals surface area contributed by atoms with Crippen LogP contribution in [-0.4, -0.2) is 11.7 Å². The minimum absolute atomic E-state index is 0.717. The molecule has 0 aliphatic carbocycles. The summed E-state index contributed by atoms with van der Waals surface area (Å²) in [5, 5.41) is 9.81. The lowest BCUT2D eigenvalue weighted by Gasteiger charge is -2.12. The summed E-state index contributed by atoms with van der Waals surface area (Å²) < 4.78 is 0. The number of anilines is 1. The molecule has 0 spiro atoms. The third-order valence-corrected chi connectivity index (χ3v) is 4.60. The fourth-order valence-corrected chi connectivity index (χ4v) is 3.17. The van der Waals surface area contributed by atoms with Crippen LogP contribution in [0.25, 0.3) is 10.8 Å². The monoisotopic (exact) mass is 342 g/mol. The van der Waals surface area contributed by atoms with Crippen molar-refractivity contribution < 1.29 is 0 Å². The van der Waals surface area contributed by atoms with Crippen molar-refractivity contribution >= 4 is 33.8 Å². The van der Waals surface area contributed by atoms with Gasteiger partial charge in [0.15, 0.2) is 5.11 Å². The largest absolute Gasteiger partial charge is 0.362 e. The van der Waals surface area contributed by atoms with Crippen LogP contribution in [0.2, 0.25) is 0 Å². The molecule has 0 aliphatic rings. The summed E-state index contributed by atoms with van der Waals surface area (Å²) in [5.74, 6) is 0. The molecular weight excluding hydrogens is 312 g/mol. The Morgan fingerprint density at radius 3 is 2.29 bits per heavy atom. The number of unbranched alkanes of at least 4 members (excludes halogenated alkanes) is 7. The first kappa shape index (κ1) is 18.7. The van der Waals surface area contributed by atoms with E-state index in [1.807, 2.05) is 0 Å². The lowest BCUT2D eigenvalue weighted by atomic mass is 10.1. The molecule has 2 aromatic carbocycles. The number of thiocarbonyl (C=S) groups is 1. The quantitative estimate of drug-likeness (QED) is 0.393. The summed E-state index contributed by atoms with van der Waals surface area (Å²) in [7, 11) is 0. The second kappa shape index (κ2) is 11.0. The molecule has 2 rings (SSSR count). The Balaban J connectivity index is 1.63. The molecule has 0 saturated carbocycles. The van der Waals surface area contributed by atoms with Crippen molar-refractivity contribution in [2.45, 2.75) is 58.3 Å². The van der Waals surface area contributed by atoms with Gasteiger partial charge in [-0.25, -0.2) is 0 Å². The van der Waals surface area contributed by atoms with Crippen LogP contribution in [0, 0.1) is 0 Å². The Bertz CT molecular complexity index is 619. The Morgan fingerprint density at radius 2 is 1.50 bits per heavy atom. The second-order valence-electron chi connectivity index (χ2n) is 6.38. The van der Waals surface area contributed by atoms with E-state index in [9.17, 15) is 0 Å². The molecular formula is C21H30N2S. The number of hydrogen-bond acceptors (Lipinski definition) is 1. The van der Waals surface area contributed by atoms with Crippen molar-refractivity contribution in [2.24, 2.45) is 0 Å². The van der Waals surface area contributed by atoms with Crippen molar-refractivity contribution in [1.82, 2.24) is 5.32 Å². The van der Waals surface area contributed by atoms with Gasteiger partial charge in [0.05, 0.1) is 0 Å². The van der Waals surface area contributed by atoms with Crippen LogP contribution in [0.5, 0.6) is 0 Å². The van der Waals surface area contributed by atoms with E-state index in [-0.39, 0.29) is 0 Å². The van der Waals surface area contributed by atoms with Gasteiger partial charge in [-0.2, -0.15) is 0 Å². The molecule has 0 atom stereocenters. The van der Waals surface area contributed by atoms with Crippen LogP contribution >= 0.6 is 12.2 Å². The van der Waals surface area contributed by atoms with Gasteiger partial charge in [-0.1, -0.05) is 88.3 Å². The highest BCUT2D eigenvalue weighted by molar-refractivity contribution is 7.80. The number of benzene rings is 2. The average molecular weight is 343 g/mol. The van der Waals surface area contributed by atoms with E-state index < -0.39 is 0 Å². The summed E-state index contributed by atoms with van der Waals surface area (Å²) in [6, 6.07) is 14.6. The zero-order valence-electron chi connectivity index (χ0n) is 14.8. The number of rotatable bonds is 10. The van der Waals surface area contributed by atoms with Crippen LogP contribution in [0.1, 0.15) is 58.3 Å². The van der Waals surface area contributed by atoms with Crippen LogP contribution < -0.4 is 10.6 Å². The number of fused-ring (bicyclic) bond motifs is 1. The molecule has 0 fully saturated rings. The smallest absolute Gasteiger partial charge is 0.170 e. The summed E-state index contributed by atoms with van der Waals surface area (Å²) in [6.07, 6.45) is 10.7. The van der Waals surface area contributed by atoms with Gasteiger partial charge < -0.3 is 10.6 Å². The standard InChI is InChI=1S/C21H30N2S/c1-2-3-4-5-6-7-8-11-17-22-21(24)23-20-16-12-14-18-13-9-10-15-19(18)20/h9-10,12-16H,2-8,11,17H2,1H3,(H2,22,23,24). The molecule has 0 radical (unpaired) electrons. The van der Waals surface area contributed by atoms with Crippen molar-refractivity contribution in [3.63, 3.8) is 0 Å². The first-order chi connectivity index (χ1) is 11.8. The summed E-state index contributed by atoms with van der Waals surface area (Å²) in [4.78, 5) is 0. The van der Waals surface area contributed by atoms with Gasteiger partial charge in [-0.15, -0.1) is 0 Å². The fourth-order valence-electron chi connectivity index (χ4n) is 2.96. The Morgan fingerprint density at radius 1 is 0.833 bits per heavy atom. The molecule has 2 aromatic rings. The first-order valence-corrected chi connectivity index (χ1v) is 9.74. The molecule has 0 unspecified atom stereocenters. The molecule has 24 heavy (non-hydrogen) atoms. The molecule has 2 nitrogen and oxygen atoms in total. The van der Waals surface area contributed by atoms with Crippen molar-refractivity contribution in [2.75, 3.05) is 11.9 Å². The third-order valence-electron chi connectivity index (χ3n) is 4.35. The highest BCUT2D eigenvalue weighted by atomic mass is 32.1. The lowest BCUT2D eigenvalue weighted by Crippen LogP contribution is -2.29. The van der Waals surface area contributed by atoms with Gasteiger partial charge in [-0.05, 0) is 30.1 Å². The maximum atomic E-state index is 5.43. The molecule has 0 aromatic heterocycles. The Hall–Kier alpha value is -1.61. The minimum atomic E-state index is 0.717. The SMILES string of the molecule is CCCCCCCCCCNC(=S)Nc1cccc2ccccc12. The molecule has 3 heteroatoms. The highest BCUT2D eigenvalue weighted by Crippen LogP contribution is 2.22. The lowest BCUT2D eigenvalue weighted by molar-refractivity contribution is 0.573. The van der Waals surface area contributed by atoms with E-state index in [0.29, 0.717) is 5.11 Å². The van der Waals surface area contributed by atoms with E-state index in [2.05, 4.69) is 60.0 Å². The van der Waals surface area contributed by atoms with E-state index in [0.717, 1.165) is 12.2 Å². The van der Waals surface area contributed by atoms with Gasteiger partial charge in [-0.3, -0.25) is 0 Å². The zero-order valence-corrected chi connectivity index (χ0v) is 15.6. The van der Waals surface area contributed by atoms with Gasteiger partial charge in [0, 0.05) is 17.6 Å². The van der Waals surface area contributed by atoms with Crippen molar-refractivity contribution in [3.8, 4) is 0 Å². The molecule has 0 amide bonds. The van der Waals surface area contributed by atoms with Gasteiger partial charge in [0.1, 0.15) is 0 Å². The highest BCUT2D eigenvalue weighted by Gasteiger charge is 2.02. The van der Waals surface area contributed by atoms with Crippen LogP contribution in [0.4, 0.5) is 5.69 Å². The van der Waals surface area contributed by atoms with Crippen LogP contribution in [0.15, 0.2) is 42.5 Å². The predicted molar refractivity (Wildman–Crippen MR) is 111 cm³/mol. The maximum Gasteiger partial charge on any atom is 0.170 e. The van der Waals surface area contributed by atoms with Crippen molar-refractivity contribution in [1.29, 1.82) is 0 Å². The van der Waals surface area contributed by atoms with Crippen molar-refractivity contribution in [3.05, 3.63) is 42.5 Å². The fraction of sp³-hybridized carbons (Fsp3) is 0.476. The molecule has 0 bridgehead atoms. The van der Waals surface area contributed by atoms with Crippen LogP contribution in [0.3, 0.4) is 0 Å². The van der Waals surface area contributed by atoms with E-state index in [1.54, 1.807) is 0 Å². The number of hydrogen-bond donors (Lipinski definition) is 2. The van der Waals surface area contributed by atoms with E-state index in [1.165, 1.54) is 62.1 Å². The van der Waals surface area contributed by atoms with Gasteiger partial charge >= 0.3 is 0 Å². The molecule has 0 heterocycles. The van der Waals surface area contributed by atoms with Gasteiger partial charge in [0.25, 0.3) is 0 Å². The topological polar surface area (TPSA) is 24.1 Å². The third kappa shape index (κ3) is 6.48. The van der Waals surface area contributed by atoms with E-state index >= 15 is 0 Å². The van der Waals surface area contributed by atoms with E-state index in [4.69, 9.17) is 12.2 Å². The average Bonchev–Trinajstić information content (AvgIpc) is 2.61. The zero-order chi connectivity index (χ0) is 17.0. The number of nitrogens with one attached hydrogen (secondary N) is 2. The molecule has 2 N–H and O–H groups in total. The Kier molecular flexibility index (Phi) is 8.61. The summed E-state index contributed by atoms with van der Waals surface area (Å²) >= 11 is 5.43. The van der Waals surface area contributed by atoms with Crippen LogP contribution in [-0.2, 0) is 0 Å². The Labute approximate surface area is 152 Å². The molecule has 0 aliphatic heterocycles. The summed E-state index contributed by atoms with van der Waals surface area (Å²) in [6.45, 7) is 3.21.